The van der Waals surface area contributed by atoms with Gasteiger partial charge in [0.2, 0.25) is 0 Å². The number of nitrogens with one attached hydrogen (secondary N) is 2. The SMILES string of the molecule is O=C(NO)c1ccc(CCCn2cncc2CNC2CC2c2ccccc2)cc1. The van der Waals surface area contributed by atoms with E-state index >= 15 is 0 Å². The molecular formula is C23H26N4O2. The summed E-state index contributed by atoms with van der Waals surface area (Å²) in [5, 5.41) is 12.3. The van der Waals surface area contributed by atoms with Crippen molar-refractivity contribution in [3.8, 4) is 0 Å². The highest BCUT2D eigenvalue weighted by molar-refractivity contribution is 5.93. The second-order valence-electron chi connectivity index (χ2n) is 7.56. The number of hydrogen-bond acceptors (Lipinski definition) is 4. The molecule has 0 spiro atoms. The van der Waals surface area contributed by atoms with Gasteiger partial charge in [0.1, 0.15) is 0 Å². The maximum Gasteiger partial charge on any atom is 0.274 e. The van der Waals surface area contributed by atoms with Crippen molar-refractivity contribution in [2.75, 3.05) is 0 Å². The first-order chi connectivity index (χ1) is 14.2. The molecule has 1 heterocycles. The van der Waals surface area contributed by atoms with E-state index in [2.05, 4.69) is 45.2 Å². The molecule has 4 rings (SSSR count). The summed E-state index contributed by atoms with van der Waals surface area (Å²) in [5.74, 6) is 0.140. The highest BCUT2D eigenvalue weighted by Crippen LogP contribution is 2.40. The van der Waals surface area contributed by atoms with Crippen LogP contribution < -0.4 is 10.8 Å². The van der Waals surface area contributed by atoms with Gasteiger partial charge in [-0.25, -0.2) is 10.5 Å². The summed E-state index contributed by atoms with van der Waals surface area (Å²) in [4.78, 5) is 15.7. The Morgan fingerprint density at radius 3 is 2.69 bits per heavy atom. The molecule has 2 atom stereocenters. The molecule has 3 N–H and O–H groups in total. The van der Waals surface area contributed by atoms with Crippen LogP contribution in [0.3, 0.4) is 0 Å². The Bertz CT molecular complexity index is 937. The van der Waals surface area contributed by atoms with Gasteiger partial charge in [-0.2, -0.15) is 0 Å². The van der Waals surface area contributed by atoms with Gasteiger partial charge in [0.25, 0.3) is 5.91 Å². The summed E-state index contributed by atoms with van der Waals surface area (Å²) in [6.07, 6.45) is 6.95. The van der Waals surface area contributed by atoms with E-state index in [4.69, 9.17) is 5.21 Å². The van der Waals surface area contributed by atoms with Crippen molar-refractivity contribution >= 4 is 5.91 Å². The van der Waals surface area contributed by atoms with Gasteiger partial charge in [0.15, 0.2) is 0 Å². The number of nitrogens with zero attached hydrogens (tertiary/aromatic N) is 2. The van der Waals surface area contributed by atoms with Crippen molar-refractivity contribution in [1.82, 2.24) is 20.3 Å². The van der Waals surface area contributed by atoms with Gasteiger partial charge in [-0.1, -0.05) is 42.5 Å². The largest absolute Gasteiger partial charge is 0.333 e. The first-order valence-electron chi connectivity index (χ1n) is 10.1. The monoisotopic (exact) mass is 390 g/mol. The zero-order valence-corrected chi connectivity index (χ0v) is 16.3. The summed E-state index contributed by atoms with van der Waals surface area (Å²) in [5.41, 5.74) is 5.90. The molecule has 1 saturated carbocycles. The van der Waals surface area contributed by atoms with E-state index in [9.17, 15) is 4.79 Å². The number of amides is 1. The fourth-order valence-corrected chi connectivity index (χ4v) is 3.76. The number of hydrogen-bond donors (Lipinski definition) is 3. The molecular weight excluding hydrogens is 364 g/mol. The Balaban J connectivity index is 1.23. The lowest BCUT2D eigenvalue weighted by Gasteiger charge is -2.10. The standard InChI is InChI=1S/C23H26N4O2/c28-23(26-29)19-10-8-17(9-11-19)5-4-12-27-16-24-14-20(27)15-25-22-13-21(22)18-6-2-1-3-7-18/h1-3,6-11,14,16,21-22,25,29H,4-5,12-13,15H2,(H,26,28). The van der Waals surface area contributed by atoms with Crippen molar-refractivity contribution in [3.63, 3.8) is 0 Å². The van der Waals surface area contributed by atoms with Crippen LogP contribution in [0.5, 0.6) is 0 Å². The minimum absolute atomic E-state index is 0.452. The molecule has 3 aromatic rings. The van der Waals surface area contributed by atoms with E-state index in [1.165, 1.54) is 23.2 Å². The molecule has 0 aliphatic heterocycles. The zero-order valence-electron chi connectivity index (χ0n) is 16.3. The van der Waals surface area contributed by atoms with E-state index in [0.29, 0.717) is 17.5 Å². The molecule has 1 amide bonds. The second kappa shape index (κ2) is 9.03. The molecule has 150 valence electrons. The van der Waals surface area contributed by atoms with Crippen molar-refractivity contribution < 1.29 is 10.0 Å². The number of rotatable bonds is 9. The van der Waals surface area contributed by atoms with Crippen LogP contribution in [-0.2, 0) is 19.5 Å². The highest BCUT2D eigenvalue weighted by atomic mass is 16.5. The molecule has 29 heavy (non-hydrogen) atoms. The van der Waals surface area contributed by atoms with E-state index < -0.39 is 5.91 Å². The Hall–Kier alpha value is -2.96. The minimum Gasteiger partial charge on any atom is -0.333 e. The highest BCUT2D eigenvalue weighted by Gasteiger charge is 2.37. The fraction of sp³-hybridized carbons (Fsp3) is 0.304. The summed E-state index contributed by atoms with van der Waals surface area (Å²) >= 11 is 0. The summed E-state index contributed by atoms with van der Waals surface area (Å²) in [6.45, 7) is 1.74. The topological polar surface area (TPSA) is 79.2 Å². The van der Waals surface area contributed by atoms with Crippen molar-refractivity contribution in [2.24, 2.45) is 0 Å². The first kappa shape index (κ1) is 19.4. The van der Waals surface area contributed by atoms with Crippen molar-refractivity contribution in [3.05, 3.63) is 89.5 Å². The summed E-state index contributed by atoms with van der Waals surface area (Å²) in [7, 11) is 0. The average Bonchev–Trinajstić information content (AvgIpc) is 3.42. The van der Waals surface area contributed by atoms with Crippen LogP contribution in [0.25, 0.3) is 0 Å². The summed E-state index contributed by atoms with van der Waals surface area (Å²) in [6, 6.07) is 18.6. The predicted molar refractivity (Wildman–Crippen MR) is 111 cm³/mol. The van der Waals surface area contributed by atoms with Gasteiger partial charge in [0.05, 0.1) is 12.0 Å². The third kappa shape index (κ3) is 4.91. The van der Waals surface area contributed by atoms with Gasteiger partial charge in [-0.15, -0.1) is 0 Å². The molecule has 6 heteroatoms. The minimum atomic E-state index is -0.489. The lowest BCUT2D eigenvalue weighted by Crippen LogP contribution is -2.19. The van der Waals surface area contributed by atoms with Crippen molar-refractivity contribution in [1.29, 1.82) is 0 Å². The Morgan fingerprint density at radius 1 is 1.14 bits per heavy atom. The number of aryl methyl sites for hydroxylation is 2. The molecule has 2 aromatic carbocycles. The van der Waals surface area contributed by atoms with E-state index in [-0.39, 0.29) is 0 Å². The number of benzene rings is 2. The third-order valence-electron chi connectivity index (χ3n) is 5.54. The fourth-order valence-electron chi connectivity index (χ4n) is 3.76. The molecule has 0 saturated heterocycles. The maximum absolute atomic E-state index is 11.4. The Labute approximate surface area is 170 Å². The van der Waals surface area contributed by atoms with Crippen LogP contribution in [-0.4, -0.2) is 26.7 Å². The quantitative estimate of drug-likeness (QED) is 0.387. The normalized spacial score (nSPS) is 17.8. The first-order valence-corrected chi connectivity index (χ1v) is 10.1. The van der Waals surface area contributed by atoms with Gasteiger partial charge in [0, 0.05) is 36.8 Å². The summed E-state index contributed by atoms with van der Waals surface area (Å²) < 4.78 is 2.21. The number of carbonyl (C=O) groups is 1. The molecule has 0 bridgehead atoms. The molecule has 0 radical (unpaired) electrons. The van der Waals surface area contributed by atoms with Crippen LogP contribution in [0.2, 0.25) is 0 Å². The van der Waals surface area contributed by atoms with Crippen molar-refractivity contribution in [2.45, 2.75) is 44.3 Å². The Kier molecular flexibility index (Phi) is 6.03. The number of carbonyl (C=O) groups excluding carboxylic acids is 1. The van der Waals surface area contributed by atoms with Crippen LogP contribution in [0.4, 0.5) is 0 Å². The number of imidazole rings is 1. The average molecular weight is 390 g/mol. The van der Waals surface area contributed by atoms with Gasteiger partial charge < -0.3 is 9.88 Å². The number of hydroxylamine groups is 1. The smallest absolute Gasteiger partial charge is 0.274 e. The van der Waals surface area contributed by atoms with Crippen LogP contribution in [0, 0.1) is 0 Å². The third-order valence-corrected chi connectivity index (χ3v) is 5.54. The van der Waals surface area contributed by atoms with E-state index in [1.54, 1.807) is 17.6 Å². The Morgan fingerprint density at radius 2 is 1.93 bits per heavy atom. The van der Waals surface area contributed by atoms with Gasteiger partial charge in [-0.3, -0.25) is 10.0 Å². The molecule has 1 aliphatic rings. The lowest BCUT2D eigenvalue weighted by molar-refractivity contribution is 0.0706. The zero-order chi connectivity index (χ0) is 20.1. The van der Waals surface area contributed by atoms with Crippen LogP contribution in [0.1, 0.15) is 45.9 Å². The van der Waals surface area contributed by atoms with Crippen LogP contribution in [0.15, 0.2) is 67.1 Å². The van der Waals surface area contributed by atoms with Crippen LogP contribution >= 0.6 is 0 Å². The maximum atomic E-state index is 11.4. The second-order valence-corrected chi connectivity index (χ2v) is 7.56. The molecule has 2 unspecified atom stereocenters. The lowest BCUT2D eigenvalue weighted by atomic mass is 10.1. The molecule has 6 nitrogen and oxygen atoms in total. The van der Waals surface area contributed by atoms with Gasteiger partial charge in [-0.05, 0) is 42.5 Å². The molecule has 1 aliphatic carbocycles. The van der Waals surface area contributed by atoms with E-state index in [0.717, 1.165) is 25.9 Å². The molecule has 1 aromatic heterocycles. The van der Waals surface area contributed by atoms with Gasteiger partial charge >= 0.3 is 0 Å². The number of aromatic nitrogens is 2. The molecule has 1 fully saturated rings. The predicted octanol–water partition coefficient (Wildman–Crippen LogP) is 3.28. The van der Waals surface area contributed by atoms with E-state index in [1.807, 2.05) is 24.7 Å².